The molecule has 0 fully saturated rings. The van der Waals surface area contributed by atoms with Gasteiger partial charge in [0.2, 0.25) is 0 Å². The molecule has 2 aliphatic rings. The molecule has 0 bridgehead atoms. The van der Waals surface area contributed by atoms with E-state index in [2.05, 4.69) is 38.3 Å². The predicted molar refractivity (Wildman–Crippen MR) is 117 cm³/mol. The van der Waals surface area contributed by atoms with Crippen molar-refractivity contribution in [3.05, 3.63) is 60.2 Å². The van der Waals surface area contributed by atoms with Crippen molar-refractivity contribution in [2.24, 2.45) is 0 Å². The third-order valence-corrected chi connectivity index (χ3v) is 9.95. The van der Waals surface area contributed by atoms with Crippen LogP contribution >= 0.6 is 43.2 Å². The van der Waals surface area contributed by atoms with E-state index in [4.69, 9.17) is 0 Å². The van der Waals surface area contributed by atoms with Crippen LogP contribution in [0.2, 0.25) is 0 Å². The Hall–Kier alpha value is -0.940. The first-order chi connectivity index (χ1) is 12.2. The van der Waals surface area contributed by atoms with Gasteiger partial charge in [0.05, 0.1) is 0 Å². The summed E-state index contributed by atoms with van der Waals surface area (Å²) in [6.45, 7) is 10.1. The molecule has 2 aliphatic heterocycles. The Kier molecular flexibility index (Phi) is 3.93. The van der Waals surface area contributed by atoms with Crippen LogP contribution in [0.5, 0.6) is 0 Å². The topological polar surface area (TPSA) is 0 Å². The van der Waals surface area contributed by atoms with Crippen LogP contribution in [0.3, 0.4) is 0 Å². The fourth-order valence-corrected chi connectivity index (χ4v) is 9.41. The summed E-state index contributed by atoms with van der Waals surface area (Å²) in [6.07, 6.45) is 5.84. The van der Waals surface area contributed by atoms with E-state index in [1.165, 1.54) is 57.8 Å². The van der Waals surface area contributed by atoms with Crippen LogP contribution in [0, 0.1) is 6.92 Å². The zero-order valence-corrected chi connectivity index (χ0v) is 17.1. The van der Waals surface area contributed by atoms with Crippen molar-refractivity contribution < 1.29 is 0 Å². The maximum absolute atomic E-state index is 3.95. The Labute approximate surface area is 163 Å². The van der Waals surface area contributed by atoms with E-state index in [1.54, 1.807) is 0 Å². The molecule has 0 saturated heterocycles. The molecule has 0 aromatic heterocycles. The first-order valence-electron chi connectivity index (χ1n) is 8.22. The summed E-state index contributed by atoms with van der Waals surface area (Å²) in [7, 11) is 7.71. The van der Waals surface area contributed by atoms with Crippen molar-refractivity contribution in [3.63, 3.8) is 0 Å². The molecule has 0 unspecified atom stereocenters. The third kappa shape index (κ3) is 2.27. The first-order valence-corrected chi connectivity index (χ1v) is 12.5. The van der Waals surface area contributed by atoms with Crippen molar-refractivity contribution in [2.75, 3.05) is 0 Å². The minimum Gasteiger partial charge on any atom is -0.103 e. The molecule has 3 aromatic carbocycles. The van der Waals surface area contributed by atoms with Crippen LogP contribution < -0.4 is 0 Å². The van der Waals surface area contributed by atoms with E-state index in [9.17, 15) is 0 Å². The second-order valence-corrected chi connectivity index (χ2v) is 10.7. The highest BCUT2D eigenvalue weighted by Crippen LogP contribution is 2.63. The Bertz CT molecular complexity index is 1090. The number of aryl methyl sites for hydroxylation is 1. The molecule has 0 amide bonds. The van der Waals surface area contributed by atoms with E-state index in [1.807, 2.05) is 55.3 Å². The van der Waals surface area contributed by atoms with Crippen LogP contribution in [0.4, 0.5) is 0 Å². The summed E-state index contributed by atoms with van der Waals surface area (Å²) in [5.74, 6) is 0. The fourth-order valence-electron chi connectivity index (χ4n) is 3.75. The number of hydrogen-bond acceptors (Lipinski definition) is 4. The van der Waals surface area contributed by atoms with E-state index >= 15 is 0 Å². The standard InChI is InChI=1S/C21H16S4/c1-4-6-12-9-14-15(10-13(12)7-5-2)21-18-17-16(22-24-20(14)17)8-11(3)19(18)23-25-21/h4-5,8-10H,1-2,6-7H2,3H3. The Morgan fingerprint density at radius 1 is 0.760 bits per heavy atom. The van der Waals surface area contributed by atoms with Gasteiger partial charge in [-0.3, -0.25) is 0 Å². The number of allylic oxidation sites excluding steroid dienone is 2. The highest BCUT2D eigenvalue weighted by Gasteiger charge is 2.30. The molecule has 25 heavy (non-hydrogen) atoms. The zero-order chi connectivity index (χ0) is 17.1. The second-order valence-electron chi connectivity index (χ2n) is 6.41. The van der Waals surface area contributed by atoms with Crippen LogP contribution in [0.1, 0.15) is 16.7 Å². The highest BCUT2D eigenvalue weighted by molar-refractivity contribution is 8.77. The van der Waals surface area contributed by atoms with Gasteiger partial charge in [0.1, 0.15) is 0 Å². The van der Waals surface area contributed by atoms with Gasteiger partial charge in [-0.1, -0.05) is 55.3 Å². The van der Waals surface area contributed by atoms with Crippen molar-refractivity contribution in [1.82, 2.24) is 0 Å². The highest BCUT2D eigenvalue weighted by atomic mass is 33.1. The minimum atomic E-state index is 0.914. The quantitative estimate of drug-likeness (QED) is 0.249. The lowest BCUT2D eigenvalue weighted by Gasteiger charge is -2.14. The number of rotatable bonds is 4. The normalized spacial score (nSPS) is 14.6. The van der Waals surface area contributed by atoms with Crippen molar-refractivity contribution in [1.29, 1.82) is 0 Å². The Morgan fingerprint density at radius 2 is 1.32 bits per heavy atom. The van der Waals surface area contributed by atoms with Gasteiger partial charge in [0, 0.05) is 30.4 Å². The predicted octanol–water partition coefficient (Wildman–Crippen LogP) is 7.98. The van der Waals surface area contributed by atoms with Crippen LogP contribution in [0.25, 0.3) is 21.5 Å². The molecule has 0 N–H and O–H groups in total. The van der Waals surface area contributed by atoms with Crippen molar-refractivity contribution in [2.45, 2.75) is 39.3 Å². The lowest BCUT2D eigenvalue weighted by Crippen LogP contribution is -1.94. The molecule has 5 rings (SSSR count). The van der Waals surface area contributed by atoms with Gasteiger partial charge in [-0.25, -0.2) is 0 Å². The smallest absolute Gasteiger partial charge is 0.0356 e. The average molecular weight is 397 g/mol. The minimum absolute atomic E-state index is 0.914. The van der Waals surface area contributed by atoms with Crippen molar-refractivity contribution >= 4 is 64.7 Å². The van der Waals surface area contributed by atoms with Crippen molar-refractivity contribution in [3.8, 4) is 0 Å². The second kappa shape index (κ2) is 6.05. The Morgan fingerprint density at radius 3 is 1.96 bits per heavy atom. The van der Waals surface area contributed by atoms with Gasteiger partial charge < -0.3 is 0 Å². The van der Waals surface area contributed by atoms with Gasteiger partial charge in [0.25, 0.3) is 0 Å². The summed E-state index contributed by atoms with van der Waals surface area (Å²) in [6, 6.07) is 7.19. The Balaban J connectivity index is 1.96. The lowest BCUT2D eigenvalue weighted by atomic mass is 9.94. The number of fused-ring (bicyclic) bond motifs is 3. The average Bonchev–Trinajstić information content (AvgIpc) is 3.20. The molecular formula is C21H16S4. The molecule has 4 heteroatoms. The van der Waals surface area contributed by atoms with Crippen LogP contribution in [0.15, 0.2) is 63.1 Å². The summed E-state index contributed by atoms with van der Waals surface area (Å²) in [5, 5.41) is 5.80. The SMILES string of the molecule is C=CCc1cc2c3c4c(cc(C)c5c4c(c2cc1CC=C)SS5)SS3. The van der Waals surface area contributed by atoms with E-state index in [-0.39, 0.29) is 0 Å². The monoisotopic (exact) mass is 396 g/mol. The maximum Gasteiger partial charge on any atom is 0.0356 e. The molecule has 124 valence electrons. The maximum atomic E-state index is 3.95. The van der Waals surface area contributed by atoms with Gasteiger partial charge in [-0.05, 0) is 65.4 Å². The molecule has 2 heterocycles. The van der Waals surface area contributed by atoms with Gasteiger partial charge in [0.15, 0.2) is 0 Å². The summed E-state index contributed by atoms with van der Waals surface area (Å²) in [5.41, 5.74) is 4.17. The van der Waals surface area contributed by atoms with E-state index < -0.39 is 0 Å². The summed E-state index contributed by atoms with van der Waals surface area (Å²) in [4.78, 5) is 5.80. The largest absolute Gasteiger partial charge is 0.103 e. The first kappa shape index (κ1) is 16.2. The van der Waals surface area contributed by atoms with Gasteiger partial charge in [-0.2, -0.15) is 0 Å². The van der Waals surface area contributed by atoms with E-state index in [0.717, 1.165) is 12.8 Å². The van der Waals surface area contributed by atoms with Crippen LogP contribution in [-0.4, -0.2) is 0 Å². The van der Waals surface area contributed by atoms with E-state index in [0.29, 0.717) is 0 Å². The third-order valence-electron chi connectivity index (χ3n) is 4.86. The zero-order valence-electron chi connectivity index (χ0n) is 13.8. The van der Waals surface area contributed by atoms with Crippen LogP contribution in [-0.2, 0) is 12.8 Å². The molecule has 0 atom stereocenters. The molecule has 0 aliphatic carbocycles. The molecule has 0 spiro atoms. The fraction of sp³-hybridized carbons (Fsp3) is 0.143. The summed E-state index contributed by atoms with van der Waals surface area (Å²) >= 11 is 0. The lowest BCUT2D eigenvalue weighted by molar-refractivity contribution is 1.16. The summed E-state index contributed by atoms with van der Waals surface area (Å²) < 4.78 is 0. The molecule has 0 saturated carbocycles. The van der Waals surface area contributed by atoms with Gasteiger partial charge >= 0.3 is 0 Å². The molecule has 0 nitrogen and oxygen atoms in total. The molecule has 0 radical (unpaired) electrons. The number of benzene rings is 3. The van der Waals surface area contributed by atoms with Gasteiger partial charge in [-0.15, -0.1) is 13.2 Å². The molecular weight excluding hydrogens is 380 g/mol. The number of hydrogen-bond donors (Lipinski definition) is 0. The molecule has 3 aromatic rings.